The van der Waals surface area contributed by atoms with Gasteiger partial charge in [0, 0.05) is 13.1 Å². The minimum Gasteiger partial charge on any atom is -0.415 e. The van der Waals surface area contributed by atoms with E-state index < -0.39 is 8.32 Å². The van der Waals surface area contributed by atoms with Gasteiger partial charge in [0.2, 0.25) is 0 Å². The summed E-state index contributed by atoms with van der Waals surface area (Å²) in [6, 6.07) is 20.1. The van der Waals surface area contributed by atoms with E-state index in [2.05, 4.69) is 63.0 Å². The highest BCUT2D eigenvalue weighted by Crippen LogP contribution is 2.36. The minimum atomic E-state index is -1.98. The van der Waals surface area contributed by atoms with Crippen LogP contribution in [0.2, 0.25) is 18.1 Å². The van der Waals surface area contributed by atoms with Gasteiger partial charge in [0.25, 0.3) is 0 Å². The Hall–Kier alpha value is -1.46. The molecule has 0 aliphatic carbocycles. The van der Waals surface area contributed by atoms with Crippen molar-refractivity contribution in [2.75, 3.05) is 12.5 Å². The quantitative estimate of drug-likeness (QED) is 0.347. The van der Waals surface area contributed by atoms with Gasteiger partial charge in [-0.3, -0.25) is 9.69 Å². The fraction of sp³-hybridized carbons (Fsp3) is 0.458. The number of alkyl halides is 1. The third kappa shape index (κ3) is 7.07. The van der Waals surface area contributed by atoms with Gasteiger partial charge in [0.05, 0.1) is 18.5 Å². The van der Waals surface area contributed by atoms with Crippen LogP contribution in [-0.4, -0.2) is 37.5 Å². The van der Waals surface area contributed by atoms with Crippen LogP contribution in [0.15, 0.2) is 60.7 Å². The molecule has 3 nitrogen and oxygen atoms in total. The van der Waals surface area contributed by atoms with Gasteiger partial charge >= 0.3 is 0 Å². The summed E-state index contributed by atoms with van der Waals surface area (Å²) >= 11 is 6.02. The number of benzene rings is 2. The van der Waals surface area contributed by atoms with Crippen LogP contribution in [0.3, 0.4) is 0 Å². The summed E-state index contributed by atoms with van der Waals surface area (Å²) in [5, 5.41) is 0.0885. The standard InChI is InChI=1S/C24H34ClNO2Si/c1-24(2,3)29(4,5)28-19-22(23(27)16-25)26(17-20-12-8-6-9-13-20)18-21-14-10-7-11-15-21/h6-15,22H,16-19H2,1-5H3/t22-/m0/s1. The molecule has 0 N–H and O–H groups in total. The Balaban J connectivity index is 2.29. The molecule has 158 valence electrons. The third-order valence-corrected chi connectivity index (χ3v) is 10.6. The summed E-state index contributed by atoms with van der Waals surface area (Å²) in [5.74, 6) is 0.00301. The molecule has 5 heteroatoms. The van der Waals surface area contributed by atoms with E-state index >= 15 is 0 Å². The molecule has 29 heavy (non-hydrogen) atoms. The van der Waals surface area contributed by atoms with E-state index in [1.807, 2.05) is 36.4 Å². The van der Waals surface area contributed by atoms with Gasteiger partial charge in [-0.1, -0.05) is 81.4 Å². The Morgan fingerprint density at radius 2 is 1.41 bits per heavy atom. The Labute approximate surface area is 182 Å². The van der Waals surface area contributed by atoms with Gasteiger partial charge in [-0.05, 0) is 29.3 Å². The van der Waals surface area contributed by atoms with Crippen LogP contribution in [-0.2, 0) is 22.3 Å². The molecule has 2 rings (SSSR count). The molecule has 0 radical (unpaired) electrons. The van der Waals surface area contributed by atoms with E-state index in [4.69, 9.17) is 16.0 Å². The van der Waals surface area contributed by atoms with E-state index in [9.17, 15) is 4.79 Å². The van der Waals surface area contributed by atoms with Gasteiger partial charge in [0.1, 0.15) is 0 Å². The molecule has 1 atom stereocenters. The first kappa shape index (κ1) is 23.8. The zero-order valence-corrected chi connectivity index (χ0v) is 20.1. The monoisotopic (exact) mass is 431 g/mol. The van der Waals surface area contributed by atoms with Gasteiger partial charge in [-0.25, -0.2) is 0 Å². The van der Waals surface area contributed by atoms with Crippen molar-refractivity contribution in [2.24, 2.45) is 0 Å². The summed E-state index contributed by atoms with van der Waals surface area (Å²) in [6.07, 6.45) is 0. The van der Waals surface area contributed by atoms with Gasteiger partial charge in [0.15, 0.2) is 14.1 Å². The van der Waals surface area contributed by atoms with Crippen molar-refractivity contribution in [3.63, 3.8) is 0 Å². The zero-order valence-electron chi connectivity index (χ0n) is 18.3. The fourth-order valence-electron chi connectivity index (χ4n) is 2.91. The van der Waals surface area contributed by atoms with E-state index in [1.165, 1.54) is 11.1 Å². The summed E-state index contributed by atoms with van der Waals surface area (Å²) < 4.78 is 6.45. The molecule has 0 saturated heterocycles. The number of nitrogens with zero attached hydrogens (tertiary/aromatic N) is 1. The van der Waals surface area contributed by atoms with Crippen molar-refractivity contribution in [1.29, 1.82) is 0 Å². The summed E-state index contributed by atoms with van der Waals surface area (Å²) in [7, 11) is -1.98. The number of hydrogen-bond donors (Lipinski definition) is 0. The molecule has 0 amide bonds. The molecule has 0 fully saturated rings. The maximum Gasteiger partial charge on any atom is 0.192 e. The van der Waals surface area contributed by atoms with Crippen LogP contribution in [0.25, 0.3) is 0 Å². The first-order chi connectivity index (χ1) is 13.6. The second kappa shape index (κ2) is 10.5. The van der Waals surface area contributed by atoms with E-state index in [0.29, 0.717) is 19.7 Å². The van der Waals surface area contributed by atoms with Crippen molar-refractivity contribution in [1.82, 2.24) is 4.90 Å². The van der Waals surface area contributed by atoms with Crippen LogP contribution in [0.1, 0.15) is 31.9 Å². The lowest BCUT2D eigenvalue weighted by molar-refractivity contribution is -0.123. The van der Waals surface area contributed by atoms with Gasteiger partial charge < -0.3 is 4.43 Å². The topological polar surface area (TPSA) is 29.5 Å². The summed E-state index contributed by atoms with van der Waals surface area (Å²) in [4.78, 5) is 15.1. The molecule has 0 saturated carbocycles. The highest BCUT2D eigenvalue weighted by molar-refractivity contribution is 6.74. The lowest BCUT2D eigenvalue weighted by atomic mass is 10.1. The van der Waals surface area contributed by atoms with Crippen LogP contribution >= 0.6 is 11.6 Å². The molecule has 0 bridgehead atoms. The van der Waals surface area contributed by atoms with Crippen molar-refractivity contribution in [3.8, 4) is 0 Å². The summed E-state index contributed by atoms with van der Waals surface area (Å²) in [5.41, 5.74) is 2.34. The molecular formula is C24H34ClNO2Si. The Bertz CT molecular complexity index is 718. The Morgan fingerprint density at radius 1 is 0.966 bits per heavy atom. The van der Waals surface area contributed by atoms with Crippen LogP contribution in [0.4, 0.5) is 0 Å². The van der Waals surface area contributed by atoms with Crippen molar-refractivity contribution in [3.05, 3.63) is 71.8 Å². The highest BCUT2D eigenvalue weighted by atomic mass is 35.5. The predicted octanol–water partition coefficient (Wildman–Crippen LogP) is 5.89. The van der Waals surface area contributed by atoms with Crippen LogP contribution in [0, 0.1) is 0 Å². The van der Waals surface area contributed by atoms with Crippen molar-refractivity contribution in [2.45, 2.75) is 58.0 Å². The number of halogens is 1. The second-order valence-electron chi connectivity index (χ2n) is 9.06. The van der Waals surface area contributed by atoms with E-state index in [0.717, 1.165) is 0 Å². The summed E-state index contributed by atoms with van der Waals surface area (Å²) in [6.45, 7) is 12.8. The number of rotatable bonds is 10. The van der Waals surface area contributed by atoms with Gasteiger partial charge in [-0.2, -0.15) is 0 Å². The maximum absolute atomic E-state index is 12.9. The van der Waals surface area contributed by atoms with Crippen LogP contribution < -0.4 is 0 Å². The fourth-order valence-corrected chi connectivity index (χ4v) is 4.09. The Kier molecular flexibility index (Phi) is 8.65. The average Bonchev–Trinajstić information content (AvgIpc) is 2.68. The zero-order chi connectivity index (χ0) is 21.5. The minimum absolute atomic E-state index is 0.00833. The first-order valence-electron chi connectivity index (χ1n) is 10.2. The third-order valence-electron chi connectivity index (χ3n) is 5.81. The predicted molar refractivity (Wildman–Crippen MR) is 125 cm³/mol. The van der Waals surface area contributed by atoms with E-state index in [-0.39, 0.29) is 22.7 Å². The molecule has 2 aromatic carbocycles. The van der Waals surface area contributed by atoms with Gasteiger partial charge in [-0.15, -0.1) is 11.6 Å². The molecule has 0 aliphatic rings. The Morgan fingerprint density at radius 3 is 1.79 bits per heavy atom. The van der Waals surface area contributed by atoms with Crippen LogP contribution in [0.5, 0.6) is 0 Å². The molecule has 0 unspecified atom stereocenters. The number of carbonyl (C=O) groups is 1. The number of carbonyl (C=O) groups excluding carboxylic acids is 1. The molecule has 0 heterocycles. The number of hydrogen-bond acceptors (Lipinski definition) is 3. The number of Topliss-reactive ketones (excluding diaryl/α,β-unsaturated/α-hetero) is 1. The average molecular weight is 432 g/mol. The maximum atomic E-state index is 12.9. The number of ketones is 1. The van der Waals surface area contributed by atoms with Crippen molar-refractivity contribution >= 4 is 25.7 Å². The smallest absolute Gasteiger partial charge is 0.192 e. The molecule has 2 aromatic rings. The largest absolute Gasteiger partial charge is 0.415 e. The lowest BCUT2D eigenvalue weighted by Gasteiger charge is -2.39. The second-order valence-corrected chi connectivity index (χ2v) is 14.1. The molecule has 0 aromatic heterocycles. The molecule has 0 spiro atoms. The SMILES string of the molecule is CC(C)(C)[Si](C)(C)OC[C@@H](C(=O)CCl)N(Cc1ccccc1)Cc1ccccc1. The lowest BCUT2D eigenvalue weighted by Crippen LogP contribution is -2.49. The van der Waals surface area contributed by atoms with Crippen molar-refractivity contribution < 1.29 is 9.22 Å². The highest BCUT2D eigenvalue weighted by Gasteiger charge is 2.39. The molecule has 0 aliphatic heterocycles. The first-order valence-corrected chi connectivity index (χ1v) is 13.6. The normalized spacial score (nSPS) is 13.5. The molecular weight excluding hydrogens is 398 g/mol. The van der Waals surface area contributed by atoms with E-state index in [1.54, 1.807) is 0 Å².